The highest BCUT2D eigenvalue weighted by atomic mass is 16.1. The molecule has 4 rings (SSSR count). The number of nitrogens with zero attached hydrogens (tertiary/aromatic N) is 2. The Balaban J connectivity index is 1.62. The number of hydrogen-bond donors (Lipinski definition) is 1. The number of anilines is 1. The summed E-state index contributed by atoms with van der Waals surface area (Å²) < 4.78 is 1.93. The fourth-order valence-corrected chi connectivity index (χ4v) is 3.10. The van der Waals surface area contributed by atoms with Crippen molar-refractivity contribution in [1.29, 1.82) is 0 Å². The van der Waals surface area contributed by atoms with Crippen LogP contribution in [0.25, 0.3) is 5.65 Å². The Bertz CT molecular complexity index is 879. The van der Waals surface area contributed by atoms with Crippen LogP contribution in [0.15, 0.2) is 42.6 Å². The van der Waals surface area contributed by atoms with Gasteiger partial charge in [0.1, 0.15) is 11.3 Å². The Kier molecular flexibility index (Phi) is 2.96. The molecule has 22 heavy (non-hydrogen) atoms. The quantitative estimate of drug-likeness (QED) is 0.786. The van der Waals surface area contributed by atoms with Crippen molar-refractivity contribution >= 4 is 17.2 Å². The number of nitrogens with one attached hydrogen (secondary N) is 1. The third-order valence-corrected chi connectivity index (χ3v) is 4.28. The Morgan fingerprint density at radius 1 is 1.18 bits per heavy atom. The highest BCUT2D eigenvalue weighted by molar-refractivity contribution is 6.03. The van der Waals surface area contributed by atoms with Crippen LogP contribution in [-0.4, -0.2) is 15.3 Å². The summed E-state index contributed by atoms with van der Waals surface area (Å²) in [4.78, 5) is 16.8. The van der Waals surface area contributed by atoms with Gasteiger partial charge < -0.3 is 9.72 Å². The predicted octanol–water partition coefficient (Wildman–Crippen LogP) is 3.38. The van der Waals surface area contributed by atoms with Crippen molar-refractivity contribution in [3.63, 3.8) is 0 Å². The zero-order valence-corrected chi connectivity index (χ0v) is 12.5. The third kappa shape index (κ3) is 2.17. The topological polar surface area (TPSA) is 46.4 Å². The molecule has 0 saturated carbocycles. The molecule has 0 atom stereocenters. The van der Waals surface area contributed by atoms with Crippen molar-refractivity contribution in [3.8, 4) is 0 Å². The monoisotopic (exact) mass is 291 g/mol. The second-order valence-electron chi connectivity index (χ2n) is 5.81. The summed E-state index contributed by atoms with van der Waals surface area (Å²) in [5.41, 5.74) is 5.89. The molecule has 0 aliphatic heterocycles. The minimum Gasteiger partial charge on any atom is -0.321 e. The molecule has 1 amide bonds. The van der Waals surface area contributed by atoms with E-state index < -0.39 is 0 Å². The summed E-state index contributed by atoms with van der Waals surface area (Å²) in [5, 5.41) is 2.95. The number of carbonyl (C=O) groups excluding carboxylic acids is 1. The number of aromatic nitrogens is 2. The van der Waals surface area contributed by atoms with Gasteiger partial charge >= 0.3 is 0 Å². The van der Waals surface area contributed by atoms with Crippen LogP contribution in [0.5, 0.6) is 0 Å². The first kappa shape index (κ1) is 13.1. The summed E-state index contributed by atoms with van der Waals surface area (Å²) in [6.45, 7) is 2.00. The second kappa shape index (κ2) is 4.98. The van der Waals surface area contributed by atoms with E-state index in [1.807, 2.05) is 35.6 Å². The first-order chi connectivity index (χ1) is 10.7. The van der Waals surface area contributed by atoms with Crippen molar-refractivity contribution in [2.24, 2.45) is 0 Å². The molecule has 0 saturated heterocycles. The van der Waals surface area contributed by atoms with Crippen LogP contribution in [0.4, 0.5) is 5.69 Å². The zero-order valence-electron chi connectivity index (χ0n) is 12.5. The standard InChI is InChI=1S/C18H17N3O/c1-12-4-2-7-17-20-16(11-21(12)17)18(22)19-15-9-8-13-5-3-6-14(13)10-15/h2,4,7-11H,3,5-6H2,1H3,(H,19,22). The van der Waals surface area contributed by atoms with Gasteiger partial charge in [-0.2, -0.15) is 0 Å². The number of imidazole rings is 1. The molecule has 3 aromatic rings. The van der Waals surface area contributed by atoms with E-state index in [9.17, 15) is 4.79 Å². The third-order valence-electron chi connectivity index (χ3n) is 4.28. The Morgan fingerprint density at radius 3 is 2.91 bits per heavy atom. The number of hydrogen-bond acceptors (Lipinski definition) is 2. The first-order valence-corrected chi connectivity index (χ1v) is 7.58. The van der Waals surface area contributed by atoms with Crippen molar-refractivity contribution in [2.75, 3.05) is 5.32 Å². The molecule has 1 aromatic carbocycles. The van der Waals surface area contributed by atoms with Crippen LogP contribution < -0.4 is 5.32 Å². The van der Waals surface area contributed by atoms with Gasteiger partial charge in [0.15, 0.2) is 0 Å². The fourth-order valence-electron chi connectivity index (χ4n) is 3.10. The number of amides is 1. The summed E-state index contributed by atoms with van der Waals surface area (Å²) in [5.74, 6) is -0.166. The number of rotatable bonds is 2. The van der Waals surface area contributed by atoms with Crippen molar-refractivity contribution < 1.29 is 4.79 Å². The zero-order chi connectivity index (χ0) is 15.1. The van der Waals surface area contributed by atoms with Crippen molar-refractivity contribution in [1.82, 2.24) is 9.38 Å². The molecule has 0 spiro atoms. The number of pyridine rings is 1. The molecular formula is C18H17N3O. The van der Waals surface area contributed by atoms with Gasteiger partial charge in [-0.3, -0.25) is 4.79 Å². The van der Waals surface area contributed by atoms with E-state index in [4.69, 9.17) is 0 Å². The summed E-state index contributed by atoms with van der Waals surface area (Å²) in [7, 11) is 0. The van der Waals surface area contributed by atoms with Gasteiger partial charge in [0.2, 0.25) is 0 Å². The molecule has 2 heterocycles. The van der Waals surface area contributed by atoms with Gasteiger partial charge in [-0.05, 0) is 61.6 Å². The molecule has 0 radical (unpaired) electrons. The predicted molar refractivity (Wildman–Crippen MR) is 86.3 cm³/mol. The maximum atomic E-state index is 12.4. The summed E-state index contributed by atoms with van der Waals surface area (Å²) >= 11 is 0. The van der Waals surface area contributed by atoms with Crippen molar-refractivity contribution in [3.05, 3.63) is 65.1 Å². The molecule has 0 fully saturated rings. The molecule has 1 aliphatic rings. The van der Waals surface area contributed by atoms with Crippen molar-refractivity contribution in [2.45, 2.75) is 26.2 Å². The molecule has 4 nitrogen and oxygen atoms in total. The lowest BCUT2D eigenvalue weighted by Crippen LogP contribution is -2.12. The van der Waals surface area contributed by atoms with Crippen LogP contribution in [0.3, 0.4) is 0 Å². The van der Waals surface area contributed by atoms with Crippen LogP contribution in [0.1, 0.15) is 33.7 Å². The smallest absolute Gasteiger partial charge is 0.275 e. The number of aryl methyl sites for hydroxylation is 3. The van der Waals surface area contributed by atoms with Crippen LogP contribution in [0.2, 0.25) is 0 Å². The Hall–Kier alpha value is -2.62. The molecule has 1 aliphatic carbocycles. The van der Waals surface area contributed by atoms with E-state index >= 15 is 0 Å². The number of fused-ring (bicyclic) bond motifs is 2. The molecule has 110 valence electrons. The lowest BCUT2D eigenvalue weighted by molar-refractivity contribution is 0.102. The van der Waals surface area contributed by atoms with Gasteiger partial charge in [0.25, 0.3) is 5.91 Å². The molecule has 2 aromatic heterocycles. The maximum absolute atomic E-state index is 12.4. The van der Waals surface area contributed by atoms with E-state index in [-0.39, 0.29) is 5.91 Å². The minimum atomic E-state index is -0.166. The summed E-state index contributed by atoms with van der Waals surface area (Å²) in [6, 6.07) is 12.0. The number of benzene rings is 1. The van der Waals surface area contributed by atoms with Gasteiger partial charge in [-0.15, -0.1) is 0 Å². The van der Waals surface area contributed by atoms with E-state index in [1.54, 1.807) is 6.20 Å². The van der Waals surface area contributed by atoms with Crippen LogP contribution in [0, 0.1) is 6.92 Å². The normalized spacial score (nSPS) is 13.3. The minimum absolute atomic E-state index is 0.166. The van der Waals surface area contributed by atoms with E-state index in [0.717, 1.165) is 29.9 Å². The van der Waals surface area contributed by atoms with E-state index in [1.165, 1.54) is 17.5 Å². The molecule has 4 heteroatoms. The van der Waals surface area contributed by atoms with E-state index in [2.05, 4.69) is 22.4 Å². The first-order valence-electron chi connectivity index (χ1n) is 7.58. The molecule has 0 bridgehead atoms. The second-order valence-corrected chi connectivity index (χ2v) is 5.81. The average Bonchev–Trinajstić information content (AvgIpc) is 3.13. The molecule has 0 unspecified atom stereocenters. The Labute approximate surface area is 128 Å². The highest BCUT2D eigenvalue weighted by Gasteiger charge is 2.14. The van der Waals surface area contributed by atoms with Gasteiger partial charge in [-0.25, -0.2) is 4.98 Å². The molecular weight excluding hydrogens is 274 g/mol. The number of carbonyl (C=O) groups is 1. The van der Waals surface area contributed by atoms with Gasteiger partial charge in [0.05, 0.1) is 0 Å². The largest absolute Gasteiger partial charge is 0.321 e. The van der Waals surface area contributed by atoms with Crippen LogP contribution in [-0.2, 0) is 12.8 Å². The summed E-state index contributed by atoms with van der Waals surface area (Å²) in [6.07, 6.45) is 5.24. The van der Waals surface area contributed by atoms with E-state index in [0.29, 0.717) is 5.69 Å². The van der Waals surface area contributed by atoms with Gasteiger partial charge in [-0.1, -0.05) is 12.1 Å². The Morgan fingerprint density at radius 2 is 2.05 bits per heavy atom. The molecule has 1 N–H and O–H groups in total. The average molecular weight is 291 g/mol. The van der Waals surface area contributed by atoms with Gasteiger partial charge in [0, 0.05) is 17.6 Å². The lowest BCUT2D eigenvalue weighted by atomic mass is 10.1. The SMILES string of the molecule is Cc1cccc2nc(C(=O)Nc3ccc4c(c3)CCC4)cn12. The maximum Gasteiger partial charge on any atom is 0.275 e. The highest BCUT2D eigenvalue weighted by Crippen LogP contribution is 2.25. The lowest BCUT2D eigenvalue weighted by Gasteiger charge is -2.06. The van der Waals surface area contributed by atoms with Crippen LogP contribution >= 0.6 is 0 Å². The fraction of sp³-hybridized carbons (Fsp3) is 0.222.